The molecule has 2 rings (SSSR count). The third-order valence-corrected chi connectivity index (χ3v) is 3.35. The highest BCUT2D eigenvalue weighted by atomic mass is 19.1. The Kier molecular flexibility index (Phi) is 5.47. The predicted octanol–water partition coefficient (Wildman–Crippen LogP) is 1.80. The molecule has 0 aliphatic heterocycles. The topological polar surface area (TPSA) is 81.4 Å². The first-order valence-corrected chi connectivity index (χ1v) is 7.08. The van der Waals surface area contributed by atoms with Gasteiger partial charge in [-0.2, -0.15) is 0 Å². The number of hydrogen-bond acceptors (Lipinski definition) is 3. The minimum Gasteiger partial charge on any atom is -0.497 e. The summed E-state index contributed by atoms with van der Waals surface area (Å²) in [5.41, 5.74) is 5.79. The first kappa shape index (κ1) is 17.4. The quantitative estimate of drug-likeness (QED) is 0.845. The lowest BCUT2D eigenvalue weighted by atomic mass is 10.0. The van der Waals surface area contributed by atoms with Gasteiger partial charge in [0.2, 0.25) is 5.91 Å². The zero-order valence-corrected chi connectivity index (χ0v) is 12.9. The highest BCUT2D eigenvalue weighted by molar-refractivity contribution is 5.97. The van der Waals surface area contributed by atoms with Gasteiger partial charge in [-0.1, -0.05) is 12.1 Å². The van der Waals surface area contributed by atoms with E-state index < -0.39 is 29.5 Å². The fourth-order valence-electron chi connectivity index (χ4n) is 2.18. The zero-order chi connectivity index (χ0) is 17.7. The van der Waals surface area contributed by atoms with E-state index in [0.717, 1.165) is 12.1 Å². The molecule has 0 unspecified atom stereocenters. The highest BCUT2D eigenvalue weighted by Crippen LogP contribution is 2.14. The molecule has 0 aromatic heterocycles. The van der Waals surface area contributed by atoms with Crippen molar-refractivity contribution in [2.24, 2.45) is 5.73 Å². The Morgan fingerprint density at radius 2 is 1.83 bits per heavy atom. The summed E-state index contributed by atoms with van der Waals surface area (Å²) in [5.74, 6) is -2.73. The third kappa shape index (κ3) is 4.52. The van der Waals surface area contributed by atoms with E-state index in [4.69, 9.17) is 10.5 Å². The molecule has 0 aliphatic rings. The van der Waals surface area contributed by atoms with Gasteiger partial charge < -0.3 is 15.8 Å². The van der Waals surface area contributed by atoms with Crippen LogP contribution in [-0.4, -0.2) is 25.0 Å². The molecule has 2 aromatic carbocycles. The number of carbonyl (C=O) groups is 2. The number of rotatable bonds is 6. The number of hydrogen-bond donors (Lipinski definition) is 2. The molecule has 2 amide bonds. The van der Waals surface area contributed by atoms with Gasteiger partial charge >= 0.3 is 0 Å². The van der Waals surface area contributed by atoms with Crippen molar-refractivity contribution in [1.82, 2.24) is 5.32 Å². The van der Waals surface area contributed by atoms with Crippen LogP contribution < -0.4 is 15.8 Å². The minimum atomic E-state index is -1.03. The number of nitrogens with one attached hydrogen (secondary N) is 1. The Bertz CT molecular complexity index is 745. The number of benzene rings is 2. The summed E-state index contributed by atoms with van der Waals surface area (Å²) in [6.45, 7) is 0. The lowest BCUT2D eigenvalue weighted by molar-refractivity contribution is -0.119. The molecule has 0 spiro atoms. The van der Waals surface area contributed by atoms with Gasteiger partial charge in [-0.05, 0) is 29.8 Å². The number of primary amides is 1. The smallest absolute Gasteiger partial charge is 0.252 e. The monoisotopic (exact) mass is 334 g/mol. The molecule has 24 heavy (non-hydrogen) atoms. The molecule has 0 fully saturated rings. The van der Waals surface area contributed by atoms with Crippen LogP contribution in [0.3, 0.4) is 0 Å². The number of halogens is 2. The van der Waals surface area contributed by atoms with Gasteiger partial charge in [0.05, 0.1) is 7.11 Å². The predicted molar refractivity (Wildman–Crippen MR) is 83.5 cm³/mol. The van der Waals surface area contributed by atoms with E-state index in [9.17, 15) is 18.4 Å². The van der Waals surface area contributed by atoms with Gasteiger partial charge in [-0.3, -0.25) is 9.59 Å². The molecule has 0 radical (unpaired) electrons. The molecule has 5 nitrogen and oxygen atoms in total. The van der Waals surface area contributed by atoms with Crippen LogP contribution in [0, 0.1) is 11.6 Å². The first-order chi connectivity index (χ1) is 11.4. The summed E-state index contributed by atoms with van der Waals surface area (Å²) in [6.07, 6.45) is 0.121. The van der Waals surface area contributed by atoms with Crippen LogP contribution in [0.5, 0.6) is 5.75 Å². The van der Waals surface area contributed by atoms with Crippen LogP contribution in [0.15, 0.2) is 42.5 Å². The van der Waals surface area contributed by atoms with Crippen LogP contribution in [-0.2, 0) is 11.2 Å². The normalized spacial score (nSPS) is 11.6. The minimum absolute atomic E-state index is 0.121. The Balaban J connectivity index is 2.15. The SMILES string of the molecule is COc1cccc(C[C@@H](NC(=O)c2cc(F)cc(F)c2)C(N)=O)c1. The summed E-state index contributed by atoms with van der Waals surface area (Å²) < 4.78 is 31.5. The molecular formula is C17H16F2N2O3. The van der Waals surface area contributed by atoms with Gasteiger partial charge in [-0.15, -0.1) is 0 Å². The number of carbonyl (C=O) groups excluding carboxylic acids is 2. The van der Waals surface area contributed by atoms with E-state index in [2.05, 4.69) is 5.32 Å². The van der Waals surface area contributed by atoms with E-state index in [0.29, 0.717) is 17.4 Å². The lowest BCUT2D eigenvalue weighted by Gasteiger charge is -2.16. The molecule has 126 valence electrons. The maximum absolute atomic E-state index is 13.2. The van der Waals surface area contributed by atoms with Crippen molar-refractivity contribution in [3.05, 3.63) is 65.2 Å². The molecule has 0 saturated carbocycles. The van der Waals surface area contributed by atoms with E-state index in [1.165, 1.54) is 7.11 Å². The number of amides is 2. The lowest BCUT2D eigenvalue weighted by Crippen LogP contribution is -2.45. The Hall–Kier alpha value is -2.96. The van der Waals surface area contributed by atoms with Crippen LogP contribution in [0.25, 0.3) is 0 Å². The second kappa shape index (κ2) is 7.54. The van der Waals surface area contributed by atoms with Crippen molar-refractivity contribution in [3.63, 3.8) is 0 Å². The zero-order valence-electron chi connectivity index (χ0n) is 12.9. The average Bonchev–Trinajstić information content (AvgIpc) is 2.53. The summed E-state index contributed by atoms with van der Waals surface area (Å²) in [6, 6.07) is 8.28. The molecule has 0 saturated heterocycles. The van der Waals surface area contributed by atoms with E-state index in [1.54, 1.807) is 24.3 Å². The summed E-state index contributed by atoms with van der Waals surface area (Å²) >= 11 is 0. The van der Waals surface area contributed by atoms with Crippen LogP contribution in [0.4, 0.5) is 8.78 Å². The van der Waals surface area contributed by atoms with Crippen LogP contribution in [0.2, 0.25) is 0 Å². The second-order valence-corrected chi connectivity index (χ2v) is 5.14. The van der Waals surface area contributed by atoms with Crippen LogP contribution in [0.1, 0.15) is 15.9 Å². The van der Waals surface area contributed by atoms with E-state index >= 15 is 0 Å². The largest absolute Gasteiger partial charge is 0.497 e. The van der Waals surface area contributed by atoms with E-state index in [1.807, 2.05) is 0 Å². The summed E-state index contributed by atoms with van der Waals surface area (Å²) in [7, 11) is 1.50. The van der Waals surface area contributed by atoms with Crippen molar-refractivity contribution in [2.75, 3.05) is 7.11 Å². The average molecular weight is 334 g/mol. The fraction of sp³-hybridized carbons (Fsp3) is 0.176. The Morgan fingerprint density at radius 3 is 2.42 bits per heavy atom. The molecular weight excluding hydrogens is 318 g/mol. The standard InChI is InChI=1S/C17H16F2N2O3/c1-24-14-4-2-3-10(5-14)6-15(16(20)22)21-17(23)11-7-12(18)9-13(19)8-11/h2-5,7-9,15H,6H2,1H3,(H2,20,22)(H,21,23)/t15-/m1/s1. The van der Waals surface area contributed by atoms with Gasteiger partial charge in [0.25, 0.3) is 5.91 Å². The van der Waals surface area contributed by atoms with Crippen molar-refractivity contribution in [3.8, 4) is 5.75 Å². The van der Waals surface area contributed by atoms with Crippen LogP contribution >= 0.6 is 0 Å². The molecule has 0 bridgehead atoms. The molecule has 1 atom stereocenters. The van der Waals surface area contributed by atoms with Gasteiger partial charge in [0, 0.05) is 18.1 Å². The highest BCUT2D eigenvalue weighted by Gasteiger charge is 2.20. The Morgan fingerprint density at radius 1 is 1.17 bits per heavy atom. The maximum Gasteiger partial charge on any atom is 0.252 e. The fourth-order valence-corrected chi connectivity index (χ4v) is 2.18. The summed E-state index contributed by atoms with van der Waals surface area (Å²) in [4.78, 5) is 23.7. The van der Waals surface area contributed by atoms with Crippen molar-refractivity contribution >= 4 is 11.8 Å². The number of ether oxygens (including phenoxy) is 1. The van der Waals surface area contributed by atoms with Crippen molar-refractivity contribution in [2.45, 2.75) is 12.5 Å². The number of nitrogens with two attached hydrogens (primary N) is 1. The first-order valence-electron chi connectivity index (χ1n) is 7.08. The van der Waals surface area contributed by atoms with E-state index in [-0.39, 0.29) is 12.0 Å². The molecule has 2 aromatic rings. The third-order valence-electron chi connectivity index (χ3n) is 3.35. The molecule has 0 aliphatic carbocycles. The van der Waals surface area contributed by atoms with Crippen molar-refractivity contribution in [1.29, 1.82) is 0 Å². The molecule has 3 N–H and O–H groups in total. The molecule has 0 heterocycles. The summed E-state index contributed by atoms with van der Waals surface area (Å²) in [5, 5.41) is 2.39. The van der Waals surface area contributed by atoms with Gasteiger partial charge in [-0.25, -0.2) is 8.78 Å². The Labute approximate surface area is 137 Å². The number of methoxy groups -OCH3 is 1. The molecule has 7 heteroatoms. The van der Waals surface area contributed by atoms with Gasteiger partial charge in [0.1, 0.15) is 23.4 Å². The van der Waals surface area contributed by atoms with Gasteiger partial charge in [0.15, 0.2) is 0 Å². The maximum atomic E-state index is 13.2. The van der Waals surface area contributed by atoms with Crippen molar-refractivity contribution < 1.29 is 23.1 Å². The second-order valence-electron chi connectivity index (χ2n) is 5.14.